The molecular formula is C20H23N3O5S2. The fourth-order valence-electron chi connectivity index (χ4n) is 3.40. The molecule has 0 atom stereocenters. The lowest BCUT2D eigenvalue weighted by atomic mass is 10.1. The van der Waals surface area contributed by atoms with E-state index in [4.69, 9.17) is 0 Å². The molecule has 1 aliphatic rings. The summed E-state index contributed by atoms with van der Waals surface area (Å²) in [6.07, 6.45) is 1.74. The summed E-state index contributed by atoms with van der Waals surface area (Å²) in [5.41, 5.74) is 1.67. The highest BCUT2D eigenvalue weighted by Gasteiger charge is 2.32. The van der Waals surface area contributed by atoms with Gasteiger partial charge in [-0.3, -0.25) is 14.9 Å². The second kappa shape index (κ2) is 8.75. The summed E-state index contributed by atoms with van der Waals surface area (Å²) in [7, 11) is -3.65. The number of benzene rings is 2. The van der Waals surface area contributed by atoms with E-state index in [2.05, 4.69) is 0 Å². The summed E-state index contributed by atoms with van der Waals surface area (Å²) in [6, 6.07) is 9.74. The average molecular weight is 450 g/mol. The lowest BCUT2D eigenvalue weighted by Crippen LogP contribution is -2.50. The van der Waals surface area contributed by atoms with Gasteiger partial charge in [0.15, 0.2) is 0 Å². The molecule has 1 aliphatic heterocycles. The number of nitro groups is 1. The number of hydrogen-bond acceptors (Lipinski definition) is 6. The van der Waals surface area contributed by atoms with Crippen molar-refractivity contribution in [1.82, 2.24) is 9.21 Å². The Morgan fingerprint density at radius 3 is 2.33 bits per heavy atom. The SMILES string of the molecule is CSc1ccc(C(=O)N2CCN(S(=O)(=O)c3cc(C)ccc3C)CC2)cc1[N+](=O)[O-]. The fourth-order valence-corrected chi connectivity index (χ4v) is 5.68. The lowest BCUT2D eigenvalue weighted by molar-refractivity contribution is -0.387. The first kappa shape index (κ1) is 22.3. The highest BCUT2D eigenvalue weighted by molar-refractivity contribution is 7.98. The number of carbonyl (C=O) groups excluding carboxylic acids is 1. The molecule has 10 heteroatoms. The van der Waals surface area contributed by atoms with Crippen molar-refractivity contribution < 1.29 is 18.1 Å². The van der Waals surface area contributed by atoms with E-state index in [0.29, 0.717) is 10.5 Å². The van der Waals surface area contributed by atoms with E-state index in [1.54, 1.807) is 37.4 Å². The van der Waals surface area contributed by atoms with Gasteiger partial charge in [0.25, 0.3) is 11.6 Å². The van der Waals surface area contributed by atoms with Crippen molar-refractivity contribution in [3.63, 3.8) is 0 Å². The summed E-state index contributed by atoms with van der Waals surface area (Å²) >= 11 is 1.24. The molecule has 0 saturated carbocycles. The van der Waals surface area contributed by atoms with Crippen molar-refractivity contribution >= 4 is 33.4 Å². The summed E-state index contributed by atoms with van der Waals surface area (Å²) in [5, 5.41) is 11.3. The molecule has 0 aliphatic carbocycles. The van der Waals surface area contributed by atoms with Crippen molar-refractivity contribution in [2.24, 2.45) is 0 Å². The zero-order valence-electron chi connectivity index (χ0n) is 17.0. The summed E-state index contributed by atoms with van der Waals surface area (Å²) in [5.74, 6) is -0.338. The van der Waals surface area contributed by atoms with Crippen LogP contribution >= 0.6 is 11.8 Å². The van der Waals surface area contributed by atoms with E-state index < -0.39 is 14.9 Å². The van der Waals surface area contributed by atoms with E-state index >= 15 is 0 Å². The maximum Gasteiger partial charge on any atom is 0.283 e. The predicted molar refractivity (Wildman–Crippen MR) is 115 cm³/mol. The van der Waals surface area contributed by atoms with Gasteiger partial charge < -0.3 is 4.90 Å². The van der Waals surface area contributed by atoms with E-state index in [1.807, 2.05) is 13.0 Å². The Kier molecular flexibility index (Phi) is 6.49. The first-order chi connectivity index (χ1) is 14.1. The summed E-state index contributed by atoms with van der Waals surface area (Å²) in [4.78, 5) is 25.9. The van der Waals surface area contributed by atoms with Gasteiger partial charge in [-0.15, -0.1) is 11.8 Å². The van der Waals surface area contributed by atoms with Gasteiger partial charge in [-0.25, -0.2) is 8.42 Å². The number of thioether (sulfide) groups is 1. The smallest absolute Gasteiger partial charge is 0.283 e. The molecule has 30 heavy (non-hydrogen) atoms. The second-order valence-corrected chi connectivity index (χ2v) is 9.86. The van der Waals surface area contributed by atoms with Gasteiger partial charge in [0.05, 0.1) is 14.7 Å². The topological polar surface area (TPSA) is 101 Å². The molecule has 1 fully saturated rings. The minimum atomic E-state index is -3.65. The molecule has 3 rings (SSSR count). The van der Waals surface area contributed by atoms with Crippen molar-refractivity contribution in [2.75, 3.05) is 32.4 Å². The Hall–Kier alpha value is -2.43. The summed E-state index contributed by atoms with van der Waals surface area (Å²) < 4.78 is 27.5. The van der Waals surface area contributed by atoms with Crippen LogP contribution in [0.25, 0.3) is 0 Å². The molecule has 1 heterocycles. The zero-order valence-corrected chi connectivity index (χ0v) is 18.6. The van der Waals surface area contributed by atoms with Crippen LogP contribution < -0.4 is 0 Å². The second-order valence-electron chi connectivity index (χ2n) is 7.11. The average Bonchev–Trinajstić information content (AvgIpc) is 2.74. The molecule has 1 saturated heterocycles. The maximum absolute atomic E-state index is 13.0. The third kappa shape index (κ3) is 4.35. The van der Waals surface area contributed by atoms with Gasteiger partial charge in [-0.05, 0) is 49.4 Å². The van der Waals surface area contributed by atoms with E-state index in [-0.39, 0.29) is 48.2 Å². The predicted octanol–water partition coefficient (Wildman–Crippen LogP) is 3.08. The molecule has 0 bridgehead atoms. The molecule has 8 nitrogen and oxygen atoms in total. The maximum atomic E-state index is 13.0. The number of hydrogen-bond donors (Lipinski definition) is 0. The monoisotopic (exact) mass is 449 g/mol. The van der Waals surface area contributed by atoms with Crippen LogP contribution in [0.1, 0.15) is 21.5 Å². The van der Waals surface area contributed by atoms with Crippen molar-refractivity contribution in [1.29, 1.82) is 0 Å². The van der Waals surface area contributed by atoms with Crippen LogP contribution in [-0.4, -0.2) is 60.9 Å². The Balaban J connectivity index is 1.75. The molecule has 2 aromatic carbocycles. The van der Waals surface area contributed by atoms with Crippen LogP contribution in [0.15, 0.2) is 46.2 Å². The number of carbonyl (C=O) groups is 1. The number of rotatable bonds is 5. The third-order valence-corrected chi connectivity index (χ3v) is 7.94. The van der Waals surface area contributed by atoms with E-state index in [1.165, 1.54) is 27.0 Å². The van der Waals surface area contributed by atoms with Crippen molar-refractivity contribution in [3.8, 4) is 0 Å². The minimum absolute atomic E-state index is 0.107. The molecule has 0 aromatic heterocycles. The van der Waals surface area contributed by atoms with Gasteiger partial charge in [0, 0.05) is 37.8 Å². The fraction of sp³-hybridized carbons (Fsp3) is 0.350. The number of amides is 1. The largest absolute Gasteiger partial charge is 0.336 e. The molecule has 0 spiro atoms. The number of sulfonamides is 1. The van der Waals surface area contributed by atoms with Gasteiger partial charge in [0.1, 0.15) is 0 Å². The van der Waals surface area contributed by atoms with Crippen LogP contribution in [0.3, 0.4) is 0 Å². The Morgan fingerprint density at radius 2 is 1.73 bits per heavy atom. The first-order valence-corrected chi connectivity index (χ1v) is 12.0. The molecule has 2 aromatic rings. The number of nitro benzene ring substituents is 1. The van der Waals surface area contributed by atoms with Gasteiger partial charge in [0.2, 0.25) is 10.0 Å². The molecule has 160 valence electrons. The van der Waals surface area contributed by atoms with Crippen LogP contribution in [0.4, 0.5) is 5.69 Å². The van der Waals surface area contributed by atoms with Gasteiger partial charge in [-0.2, -0.15) is 4.31 Å². The zero-order chi connectivity index (χ0) is 22.1. The van der Waals surface area contributed by atoms with Crippen molar-refractivity contribution in [2.45, 2.75) is 23.6 Å². The van der Waals surface area contributed by atoms with E-state index in [0.717, 1.165) is 5.56 Å². The highest BCUT2D eigenvalue weighted by atomic mass is 32.2. The standard InChI is InChI=1S/C20H23N3O5S2/c1-14-4-5-15(2)19(12-14)30(27,28)22-10-8-21(9-11-22)20(24)16-6-7-18(29-3)17(13-16)23(25)26/h4-7,12-13H,8-11H2,1-3H3. The summed E-state index contributed by atoms with van der Waals surface area (Å²) in [6.45, 7) is 4.40. The van der Waals surface area contributed by atoms with Gasteiger partial charge in [-0.1, -0.05) is 12.1 Å². The van der Waals surface area contributed by atoms with Crippen LogP contribution in [-0.2, 0) is 10.0 Å². The number of piperazine rings is 1. The number of aryl methyl sites for hydroxylation is 2. The molecular weight excluding hydrogens is 426 g/mol. The quantitative estimate of drug-likeness (QED) is 0.395. The van der Waals surface area contributed by atoms with Crippen LogP contribution in [0.5, 0.6) is 0 Å². The van der Waals surface area contributed by atoms with Gasteiger partial charge >= 0.3 is 0 Å². The molecule has 0 N–H and O–H groups in total. The Bertz CT molecular complexity index is 1090. The van der Waals surface area contributed by atoms with Crippen LogP contribution in [0, 0.1) is 24.0 Å². The Morgan fingerprint density at radius 1 is 1.07 bits per heavy atom. The molecule has 0 unspecified atom stereocenters. The molecule has 0 radical (unpaired) electrons. The van der Waals surface area contributed by atoms with Crippen molar-refractivity contribution in [3.05, 3.63) is 63.2 Å². The lowest BCUT2D eigenvalue weighted by Gasteiger charge is -2.34. The first-order valence-electron chi connectivity index (χ1n) is 9.34. The highest BCUT2D eigenvalue weighted by Crippen LogP contribution is 2.29. The molecule has 1 amide bonds. The minimum Gasteiger partial charge on any atom is -0.336 e. The third-order valence-electron chi connectivity index (χ3n) is 5.11. The number of nitrogens with zero attached hydrogens (tertiary/aromatic N) is 3. The van der Waals surface area contributed by atoms with E-state index in [9.17, 15) is 23.3 Å². The van der Waals surface area contributed by atoms with Crippen LogP contribution in [0.2, 0.25) is 0 Å². The normalized spacial score (nSPS) is 15.2. The Labute approximate surface area is 180 Å².